The molecule has 0 aliphatic heterocycles. The van der Waals surface area contributed by atoms with Gasteiger partial charge in [-0.25, -0.2) is 0 Å². The lowest BCUT2D eigenvalue weighted by atomic mass is 10.2. The maximum absolute atomic E-state index is 10.5. The molecular formula is C11H12ClNO3. The predicted octanol–water partition coefficient (Wildman–Crippen LogP) is 3.59. The van der Waals surface area contributed by atoms with Gasteiger partial charge in [0.25, 0.3) is 5.69 Å². The van der Waals surface area contributed by atoms with Gasteiger partial charge in [0, 0.05) is 18.6 Å². The summed E-state index contributed by atoms with van der Waals surface area (Å²) in [5.74, 6) is 0.525. The van der Waals surface area contributed by atoms with E-state index in [1.165, 1.54) is 18.2 Å². The highest BCUT2D eigenvalue weighted by atomic mass is 35.5. The van der Waals surface area contributed by atoms with Crippen LogP contribution in [-0.4, -0.2) is 11.5 Å². The van der Waals surface area contributed by atoms with Crippen LogP contribution >= 0.6 is 11.6 Å². The Morgan fingerprint density at radius 1 is 1.62 bits per heavy atom. The molecule has 0 fully saturated rings. The number of hydrogen-bond acceptors (Lipinski definition) is 3. The van der Waals surface area contributed by atoms with Crippen LogP contribution < -0.4 is 4.74 Å². The van der Waals surface area contributed by atoms with E-state index in [1.54, 1.807) is 0 Å². The fraction of sp³-hybridized carbons (Fsp3) is 0.273. The van der Waals surface area contributed by atoms with Crippen molar-refractivity contribution in [1.82, 2.24) is 0 Å². The van der Waals surface area contributed by atoms with Crippen molar-refractivity contribution in [1.29, 1.82) is 0 Å². The minimum Gasteiger partial charge on any atom is -0.493 e. The first kappa shape index (κ1) is 12.5. The Labute approximate surface area is 98.6 Å². The van der Waals surface area contributed by atoms with Crippen molar-refractivity contribution in [3.05, 3.63) is 45.5 Å². The van der Waals surface area contributed by atoms with Gasteiger partial charge in [0.05, 0.1) is 11.5 Å². The van der Waals surface area contributed by atoms with Crippen molar-refractivity contribution in [2.75, 3.05) is 6.61 Å². The molecule has 0 aromatic heterocycles. The molecular weight excluding hydrogens is 230 g/mol. The first-order chi connectivity index (χ1) is 7.50. The zero-order valence-electron chi connectivity index (χ0n) is 8.90. The van der Waals surface area contributed by atoms with Crippen molar-refractivity contribution >= 4 is 17.3 Å². The van der Waals surface area contributed by atoms with Crippen molar-refractivity contribution in [3.63, 3.8) is 0 Å². The van der Waals surface area contributed by atoms with E-state index in [0.717, 1.165) is 12.0 Å². The van der Waals surface area contributed by atoms with Crippen LogP contribution in [0, 0.1) is 10.1 Å². The largest absolute Gasteiger partial charge is 0.493 e. The molecule has 1 aromatic carbocycles. The van der Waals surface area contributed by atoms with Crippen LogP contribution in [0.15, 0.2) is 30.4 Å². The van der Waals surface area contributed by atoms with Crippen LogP contribution in [-0.2, 0) is 0 Å². The second-order valence-electron chi connectivity index (χ2n) is 3.43. The summed E-state index contributed by atoms with van der Waals surface area (Å²) < 4.78 is 5.36. The number of ether oxygens (including phenoxy) is 1. The highest BCUT2D eigenvalue weighted by Crippen LogP contribution is 2.28. The van der Waals surface area contributed by atoms with Crippen molar-refractivity contribution < 1.29 is 9.66 Å². The molecule has 0 saturated carbocycles. The van der Waals surface area contributed by atoms with E-state index < -0.39 is 4.92 Å². The van der Waals surface area contributed by atoms with Crippen molar-refractivity contribution in [2.45, 2.75) is 13.3 Å². The molecule has 1 aromatic rings. The van der Waals surface area contributed by atoms with E-state index in [-0.39, 0.29) is 10.7 Å². The standard InChI is InChI=1S/C11H12ClNO3/c1-8(2)5-6-16-9-3-4-11(13(14)15)10(12)7-9/h3-4,7H,1,5-6H2,2H3. The predicted molar refractivity (Wildman–Crippen MR) is 63.0 cm³/mol. The van der Waals surface area contributed by atoms with E-state index in [9.17, 15) is 10.1 Å². The third-order valence-electron chi connectivity index (χ3n) is 1.91. The third kappa shape index (κ3) is 3.55. The van der Waals surface area contributed by atoms with Gasteiger partial charge in [0.1, 0.15) is 10.8 Å². The van der Waals surface area contributed by atoms with Gasteiger partial charge < -0.3 is 4.74 Å². The Bertz CT molecular complexity index is 418. The third-order valence-corrected chi connectivity index (χ3v) is 2.22. The van der Waals surface area contributed by atoms with E-state index in [4.69, 9.17) is 16.3 Å². The number of nitrogens with zero attached hydrogens (tertiary/aromatic N) is 1. The summed E-state index contributed by atoms with van der Waals surface area (Å²) in [5.41, 5.74) is 0.905. The summed E-state index contributed by atoms with van der Waals surface area (Å²) in [4.78, 5) is 9.98. The van der Waals surface area contributed by atoms with E-state index in [1.807, 2.05) is 6.92 Å². The number of nitro groups is 1. The van der Waals surface area contributed by atoms with E-state index >= 15 is 0 Å². The molecule has 0 unspecified atom stereocenters. The molecule has 0 spiro atoms. The van der Waals surface area contributed by atoms with E-state index in [0.29, 0.717) is 12.4 Å². The summed E-state index contributed by atoms with van der Waals surface area (Å²) in [5, 5.41) is 10.6. The van der Waals surface area contributed by atoms with Gasteiger partial charge >= 0.3 is 0 Å². The molecule has 0 N–H and O–H groups in total. The molecule has 4 nitrogen and oxygen atoms in total. The monoisotopic (exact) mass is 241 g/mol. The zero-order valence-corrected chi connectivity index (χ0v) is 9.66. The summed E-state index contributed by atoms with van der Waals surface area (Å²) in [6, 6.07) is 4.30. The molecule has 0 amide bonds. The van der Waals surface area contributed by atoms with Gasteiger partial charge in [-0.1, -0.05) is 17.2 Å². The molecule has 5 heteroatoms. The average molecular weight is 242 g/mol. The molecule has 86 valence electrons. The Kier molecular flexibility index (Phi) is 4.31. The Hall–Kier alpha value is -1.55. The van der Waals surface area contributed by atoms with Crippen LogP contribution in [0.4, 0.5) is 5.69 Å². The zero-order chi connectivity index (χ0) is 12.1. The molecule has 1 rings (SSSR count). The van der Waals surface area contributed by atoms with Gasteiger partial charge in [0.2, 0.25) is 0 Å². The fourth-order valence-corrected chi connectivity index (χ4v) is 1.31. The second-order valence-corrected chi connectivity index (χ2v) is 3.83. The van der Waals surface area contributed by atoms with E-state index in [2.05, 4.69) is 6.58 Å². The lowest BCUT2D eigenvalue weighted by Gasteiger charge is -2.06. The average Bonchev–Trinajstić information content (AvgIpc) is 2.16. The van der Waals surface area contributed by atoms with Crippen LogP contribution in [0.3, 0.4) is 0 Å². The first-order valence-electron chi connectivity index (χ1n) is 4.72. The lowest BCUT2D eigenvalue weighted by Crippen LogP contribution is -1.98. The Morgan fingerprint density at radius 3 is 2.81 bits per heavy atom. The maximum atomic E-state index is 10.5. The molecule has 0 saturated heterocycles. The number of benzene rings is 1. The highest BCUT2D eigenvalue weighted by Gasteiger charge is 2.12. The first-order valence-corrected chi connectivity index (χ1v) is 5.09. The minimum absolute atomic E-state index is 0.0813. The number of rotatable bonds is 5. The smallest absolute Gasteiger partial charge is 0.288 e. The summed E-state index contributed by atoms with van der Waals surface area (Å²) in [7, 11) is 0. The normalized spacial score (nSPS) is 9.88. The van der Waals surface area contributed by atoms with Crippen LogP contribution in [0.2, 0.25) is 5.02 Å². The summed E-state index contributed by atoms with van der Waals surface area (Å²) in [6.07, 6.45) is 0.745. The number of halogens is 1. The Balaban J connectivity index is 2.66. The van der Waals surface area contributed by atoms with Crippen molar-refractivity contribution in [2.24, 2.45) is 0 Å². The topological polar surface area (TPSA) is 52.4 Å². The lowest BCUT2D eigenvalue weighted by molar-refractivity contribution is -0.384. The fourth-order valence-electron chi connectivity index (χ4n) is 1.07. The SMILES string of the molecule is C=C(C)CCOc1ccc([N+](=O)[O-])c(Cl)c1. The Morgan fingerprint density at radius 2 is 2.31 bits per heavy atom. The number of hydrogen-bond donors (Lipinski definition) is 0. The summed E-state index contributed by atoms with van der Waals surface area (Å²) >= 11 is 5.73. The van der Waals surface area contributed by atoms with Crippen LogP contribution in [0.5, 0.6) is 5.75 Å². The van der Waals surface area contributed by atoms with Gasteiger partial charge in [-0.05, 0) is 13.0 Å². The van der Waals surface area contributed by atoms with Gasteiger partial charge in [-0.2, -0.15) is 0 Å². The van der Waals surface area contributed by atoms with Crippen molar-refractivity contribution in [3.8, 4) is 5.75 Å². The molecule has 16 heavy (non-hydrogen) atoms. The van der Waals surface area contributed by atoms with Gasteiger partial charge in [0.15, 0.2) is 0 Å². The van der Waals surface area contributed by atoms with Gasteiger partial charge in [-0.15, -0.1) is 6.58 Å². The molecule has 0 aliphatic rings. The highest BCUT2D eigenvalue weighted by molar-refractivity contribution is 6.32. The summed E-state index contributed by atoms with van der Waals surface area (Å²) in [6.45, 7) is 6.14. The number of nitro benzene ring substituents is 1. The van der Waals surface area contributed by atoms with Gasteiger partial charge in [-0.3, -0.25) is 10.1 Å². The second kappa shape index (κ2) is 5.51. The molecule has 0 bridgehead atoms. The molecule has 0 atom stereocenters. The molecule has 0 heterocycles. The van der Waals surface area contributed by atoms with Crippen LogP contribution in [0.1, 0.15) is 13.3 Å². The quantitative estimate of drug-likeness (QED) is 0.450. The minimum atomic E-state index is -0.528. The molecule has 0 radical (unpaired) electrons. The van der Waals surface area contributed by atoms with Crippen LogP contribution in [0.25, 0.3) is 0 Å². The molecule has 0 aliphatic carbocycles. The maximum Gasteiger partial charge on any atom is 0.288 e.